The molecule has 3 aromatic rings. The van der Waals surface area contributed by atoms with Gasteiger partial charge in [0, 0.05) is 6.08 Å². The van der Waals surface area contributed by atoms with Gasteiger partial charge in [0.15, 0.2) is 17.1 Å². The molecule has 4 nitrogen and oxygen atoms in total. The first-order valence-corrected chi connectivity index (χ1v) is 8.04. The summed E-state index contributed by atoms with van der Waals surface area (Å²) < 4.78 is 17.5. The molecule has 0 atom stereocenters. The molecule has 2 aromatic carbocycles. The lowest BCUT2D eigenvalue weighted by atomic mass is 10.2. The highest BCUT2D eigenvalue weighted by Crippen LogP contribution is 2.37. The van der Waals surface area contributed by atoms with Crippen molar-refractivity contribution in [3.05, 3.63) is 52.3 Å². The van der Waals surface area contributed by atoms with Crippen LogP contribution in [0.25, 0.3) is 23.3 Å². The molecule has 0 N–H and O–H groups in total. The molecule has 0 fully saturated rings. The van der Waals surface area contributed by atoms with Gasteiger partial charge in [0.2, 0.25) is 5.89 Å². The molecule has 0 aliphatic rings. The molecule has 0 unspecified atom stereocenters. The van der Waals surface area contributed by atoms with Crippen molar-refractivity contribution in [2.75, 3.05) is 13.7 Å². The third kappa shape index (κ3) is 3.40. The number of methoxy groups -OCH3 is 1. The van der Waals surface area contributed by atoms with Gasteiger partial charge in [-0.25, -0.2) is 4.98 Å². The molecule has 1 aromatic heterocycles. The average molecular weight is 374 g/mol. The topological polar surface area (TPSA) is 44.5 Å². The fraction of sp³-hybridized carbons (Fsp3) is 0.167. The Hall–Kier alpha value is -2.27. The Bertz CT molecular complexity index is 822. The van der Waals surface area contributed by atoms with E-state index in [1.165, 1.54) is 0 Å². The zero-order valence-electron chi connectivity index (χ0n) is 12.9. The molecular weight excluding hydrogens is 358 g/mol. The lowest BCUT2D eigenvalue weighted by Crippen LogP contribution is -1.96. The second-order valence-corrected chi connectivity index (χ2v) is 5.67. The van der Waals surface area contributed by atoms with Gasteiger partial charge in [-0.15, -0.1) is 0 Å². The van der Waals surface area contributed by atoms with Crippen LogP contribution in [-0.4, -0.2) is 18.7 Å². The van der Waals surface area contributed by atoms with Crippen LogP contribution in [-0.2, 0) is 0 Å². The van der Waals surface area contributed by atoms with E-state index in [0.29, 0.717) is 24.0 Å². The third-order valence-electron chi connectivity index (χ3n) is 3.27. The maximum Gasteiger partial charge on any atom is 0.220 e. The van der Waals surface area contributed by atoms with Gasteiger partial charge in [0.25, 0.3) is 0 Å². The number of nitrogens with zero attached hydrogens (tertiary/aromatic N) is 1. The van der Waals surface area contributed by atoms with Crippen molar-refractivity contribution >= 4 is 39.2 Å². The smallest absolute Gasteiger partial charge is 0.220 e. The Balaban J connectivity index is 1.91. The highest BCUT2D eigenvalue weighted by molar-refractivity contribution is 9.10. The van der Waals surface area contributed by atoms with E-state index >= 15 is 0 Å². The van der Waals surface area contributed by atoms with Gasteiger partial charge >= 0.3 is 0 Å². The number of halogens is 1. The second-order valence-electron chi connectivity index (χ2n) is 4.82. The first kappa shape index (κ1) is 15.6. The molecule has 0 spiro atoms. The van der Waals surface area contributed by atoms with Gasteiger partial charge in [-0.2, -0.15) is 0 Å². The van der Waals surface area contributed by atoms with Gasteiger partial charge in [0.1, 0.15) is 5.52 Å². The molecule has 0 amide bonds. The zero-order chi connectivity index (χ0) is 16.2. The van der Waals surface area contributed by atoms with E-state index in [4.69, 9.17) is 13.9 Å². The molecular formula is C18H16BrNO3. The second kappa shape index (κ2) is 6.87. The molecule has 0 bridgehead atoms. The summed E-state index contributed by atoms with van der Waals surface area (Å²) in [6.45, 7) is 2.51. The molecule has 0 aliphatic heterocycles. The number of rotatable bonds is 5. The fourth-order valence-electron chi connectivity index (χ4n) is 2.25. The minimum absolute atomic E-state index is 0.565. The Morgan fingerprint density at radius 3 is 2.78 bits per heavy atom. The number of aromatic nitrogens is 1. The van der Waals surface area contributed by atoms with Crippen molar-refractivity contribution in [1.82, 2.24) is 4.98 Å². The Labute approximate surface area is 142 Å². The summed E-state index contributed by atoms with van der Waals surface area (Å²) >= 11 is 3.52. The van der Waals surface area contributed by atoms with Crippen molar-refractivity contribution in [3.8, 4) is 11.5 Å². The minimum Gasteiger partial charge on any atom is -0.493 e. The SMILES string of the molecule is CCOc1c(Br)cc(C=Cc2nc3ccccc3o2)cc1OC. The molecule has 0 saturated heterocycles. The van der Waals surface area contributed by atoms with Gasteiger partial charge in [0.05, 0.1) is 18.2 Å². The van der Waals surface area contributed by atoms with Crippen LogP contribution in [0.5, 0.6) is 11.5 Å². The summed E-state index contributed by atoms with van der Waals surface area (Å²) in [7, 11) is 1.62. The van der Waals surface area contributed by atoms with Crippen LogP contribution in [0.3, 0.4) is 0 Å². The van der Waals surface area contributed by atoms with Gasteiger partial charge in [-0.3, -0.25) is 0 Å². The predicted octanol–water partition coefficient (Wildman–Crippen LogP) is 5.17. The number of fused-ring (bicyclic) bond motifs is 1. The Morgan fingerprint density at radius 1 is 1.22 bits per heavy atom. The maximum absolute atomic E-state index is 5.67. The van der Waals surface area contributed by atoms with Crippen LogP contribution in [0.1, 0.15) is 18.4 Å². The summed E-state index contributed by atoms with van der Waals surface area (Å²) in [6.07, 6.45) is 3.76. The van der Waals surface area contributed by atoms with Crippen LogP contribution in [0.15, 0.2) is 45.3 Å². The van der Waals surface area contributed by atoms with Crippen molar-refractivity contribution < 1.29 is 13.9 Å². The first-order chi connectivity index (χ1) is 11.2. The summed E-state index contributed by atoms with van der Waals surface area (Å²) in [5.74, 6) is 1.95. The van der Waals surface area contributed by atoms with E-state index in [0.717, 1.165) is 21.1 Å². The normalized spacial score (nSPS) is 11.3. The van der Waals surface area contributed by atoms with E-state index < -0.39 is 0 Å². The monoisotopic (exact) mass is 373 g/mol. The highest BCUT2D eigenvalue weighted by atomic mass is 79.9. The summed E-state index contributed by atoms with van der Waals surface area (Å²) in [6, 6.07) is 11.6. The van der Waals surface area contributed by atoms with Crippen LogP contribution >= 0.6 is 15.9 Å². The molecule has 5 heteroatoms. The number of ether oxygens (including phenoxy) is 2. The number of hydrogen-bond acceptors (Lipinski definition) is 4. The Kier molecular flexibility index (Phi) is 4.67. The lowest BCUT2D eigenvalue weighted by molar-refractivity contribution is 0.309. The molecule has 0 saturated carbocycles. The molecule has 23 heavy (non-hydrogen) atoms. The lowest BCUT2D eigenvalue weighted by Gasteiger charge is -2.12. The Morgan fingerprint density at radius 2 is 2.04 bits per heavy atom. The van der Waals surface area contributed by atoms with Gasteiger partial charge in [-0.1, -0.05) is 12.1 Å². The largest absolute Gasteiger partial charge is 0.493 e. The average Bonchev–Trinajstić information content (AvgIpc) is 2.98. The minimum atomic E-state index is 0.565. The van der Waals surface area contributed by atoms with Crippen LogP contribution in [0, 0.1) is 0 Å². The summed E-state index contributed by atoms with van der Waals surface area (Å²) in [4.78, 5) is 4.42. The zero-order valence-corrected chi connectivity index (χ0v) is 14.5. The molecule has 0 aliphatic carbocycles. The van der Waals surface area contributed by atoms with E-state index in [-0.39, 0.29) is 0 Å². The quantitative estimate of drug-likeness (QED) is 0.618. The fourth-order valence-corrected chi connectivity index (χ4v) is 2.82. The van der Waals surface area contributed by atoms with E-state index in [9.17, 15) is 0 Å². The third-order valence-corrected chi connectivity index (χ3v) is 3.86. The van der Waals surface area contributed by atoms with Crippen molar-refractivity contribution in [3.63, 3.8) is 0 Å². The molecule has 1 heterocycles. The van der Waals surface area contributed by atoms with Crippen LogP contribution in [0.2, 0.25) is 0 Å². The first-order valence-electron chi connectivity index (χ1n) is 7.25. The standard InChI is InChI=1S/C18H16BrNO3/c1-3-22-18-13(19)10-12(11-16(18)21-2)8-9-17-20-14-6-4-5-7-15(14)23-17/h4-11H,3H2,1-2H3. The highest BCUT2D eigenvalue weighted by Gasteiger charge is 2.10. The molecule has 0 radical (unpaired) electrons. The van der Waals surface area contributed by atoms with Crippen LogP contribution < -0.4 is 9.47 Å². The van der Waals surface area contributed by atoms with Gasteiger partial charge < -0.3 is 13.9 Å². The number of hydrogen-bond donors (Lipinski definition) is 0. The van der Waals surface area contributed by atoms with Crippen molar-refractivity contribution in [2.45, 2.75) is 6.92 Å². The van der Waals surface area contributed by atoms with E-state index in [1.807, 2.05) is 55.5 Å². The number of benzene rings is 2. The van der Waals surface area contributed by atoms with E-state index in [2.05, 4.69) is 20.9 Å². The summed E-state index contributed by atoms with van der Waals surface area (Å²) in [5.41, 5.74) is 2.58. The molecule has 118 valence electrons. The van der Waals surface area contributed by atoms with Crippen molar-refractivity contribution in [1.29, 1.82) is 0 Å². The maximum atomic E-state index is 5.67. The van der Waals surface area contributed by atoms with Crippen LogP contribution in [0.4, 0.5) is 0 Å². The van der Waals surface area contributed by atoms with E-state index in [1.54, 1.807) is 7.11 Å². The van der Waals surface area contributed by atoms with Crippen molar-refractivity contribution in [2.24, 2.45) is 0 Å². The number of oxazole rings is 1. The predicted molar refractivity (Wildman–Crippen MR) is 94.8 cm³/mol. The molecule has 3 rings (SSSR count). The number of para-hydroxylation sites is 2. The summed E-state index contributed by atoms with van der Waals surface area (Å²) in [5, 5.41) is 0. The van der Waals surface area contributed by atoms with Gasteiger partial charge in [-0.05, 0) is 58.8 Å².